The van der Waals surface area contributed by atoms with E-state index in [-0.39, 0.29) is 22.0 Å². The number of nitrogens with two attached hydrogens (primary N) is 1. The van der Waals surface area contributed by atoms with Crippen LogP contribution in [-0.4, -0.2) is 49.9 Å². The summed E-state index contributed by atoms with van der Waals surface area (Å²) in [5.41, 5.74) is 0.395. The molecule has 1 aliphatic rings. The highest BCUT2D eigenvalue weighted by molar-refractivity contribution is 7.89. The van der Waals surface area contributed by atoms with Crippen LogP contribution in [0.3, 0.4) is 0 Å². The Balaban J connectivity index is 1.98. The number of carbonyl (C=O) groups is 1. The van der Waals surface area contributed by atoms with Crippen LogP contribution in [0.2, 0.25) is 0 Å². The monoisotopic (exact) mass is 482 g/mol. The molecule has 1 fully saturated rings. The molecule has 2 unspecified atom stereocenters. The van der Waals surface area contributed by atoms with Gasteiger partial charge >= 0.3 is 0 Å². The second kappa shape index (κ2) is 9.32. The smallest absolute Gasteiger partial charge is 0.255 e. The number of carbonyl (C=O) groups excluding carboxylic acids is 1. The molecule has 1 aliphatic heterocycles. The molecule has 3 rings (SSSR count). The zero-order valence-corrected chi connectivity index (χ0v) is 19.7. The number of hydrogen-bond donors (Lipinski definition) is 2. The lowest BCUT2D eigenvalue weighted by molar-refractivity contribution is -0.123. The zero-order valence-electron chi connectivity index (χ0n) is 18.9. The normalized spacial score (nSPS) is 19.8. The third-order valence-corrected chi connectivity index (χ3v) is 6.68. The third-order valence-electron chi connectivity index (χ3n) is 5.88. The zero-order chi connectivity index (χ0) is 24.6. The molecule has 0 bridgehead atoms. The number of ether oxygens (including phenoxy) is 1. The molecule has 0 radical (unpaired) electrons. The number of methoxy groups -OCH3 is 1. The minimum Gasteiger partial charge on any atom is -0.493 e. The molecule has 2 atom stereocenters. The molecule has 1 saturated heterocycles. The maximum absolute atomic E-state index is 14.4. The molecule has 8 nitrogen and oxygen atoms in total. The number of nitrogens with one attached hydrogen (secondary N) is 1. The lowest BCUT2D eigenvalue weighted by Crippen LogP contribution is -2.52. The average Bonchev–Trinajstić information content (AvgIpc) is 2.74. The molecule has 180 valence electrons. The van der Waals surface area contributed by atoms with Gasteiger partial charge in [0.1, 0.15) is 0 Å². The van der Waals surface area contributed by atoms with Crippen molar-refractivity contribution in [3.8, 4) is 5.75 Å². The van der Waals surface area contributed by atoms with Crippen LogP contribution in [0.25, 0.3) is 0 Å². The summed E-state index contributed by atoms with van der Waals surface area (Å²) < 4.78 is 56.6. The highest BCUT2D eigenvalue weighted by Crippen LogP contribution is 2.41. The lowest BCUT2D eigenvalue weighted by atomic mass is 9.78. The average molecular weight is 483 g/mol. The van der Waals surface area contributed by atoms with Gasteiger partial charge in [0.05, 0.1) is 13.0 Å². The Labute approximate surface area is 192 Å². The minimum absolute atomic E-state index is 0.211. The van der Waals surface area contributed by atoms with Crippen LogP contribution in [0.15, 0.2) is 35.5 Å². The van der Waals surface area contributed by atoms with Crippen molar-refractivity contribution in [1.82, 2.24) is 9.88 Å². The van der Waals surface area contributed by atoms with E-state index in [2.05, 4.69) is 15.2 Å². The van der Waals surface area contributed by atoms with Crippen molar-refractivity contribution >= 4 is 21.6 Å². The molecule has 33 heavy (non-hydrogen) atoms. The summed E-state index contributed by atoms with van der Waals surface area (Å²) in [5, 5.41) is 7.48. The largest absolute Gasteiger partial charge is 0.493 e. The molecule has 2 aromatic rings. The van der Waals surface area contributed by atoms with Crippen molar-refractivity contribution in [3.63, 3.8) is 0 Å². The van der Waals surface area contributed by atoms with Crippen molar-refractivity contribution in [2.45, 2.75) is 43.7 Å². The Bertz CT molecular complexity index is 1150. The summed E-state index contributed by atoms with van der Waals surface area (Å²) in [6, 6.07) is 5.09. The van der Waals surface area contributed by atoms with Gasteiger partial charge in [-0.3, -0.25) is 9.69 Å². The van der Waals surface area contributed by atoms with Crippen LogP contribution in [0, 0.1) is 17.6 Å². The van der Waals surface area contributed by atoms with Crippen LogP contribution >= 0.6 is 0 Å². The Morgan fingerprint density at radius 3 is 2.58 bits per heavy atom. The molecule has 11 heteroatoms. The van der Waals surface area contributed by atoms with E-state index in [1.807, 2.05) is 20.8 Å². The number of anilines is 1. The number of sulfonamides is 1. The Morgan fingerprint density at radius 1 is 1.27 bits per heavy atom. The number of amides is 1. The summed E-state index contributed by atoms with van der Waals surface area (Å²) in [6.07, 6.45) is 1.74. The number of halogens is 2. The molecule has 2 heterocycles. The number of hydrogen-bond acceptors (Lipinski definition) is 6. The summed E-state index contributed by atoms with van der Waals surface area (Å²) >= 11 is 0. The molecule has 1 aromatic carbocycles. The number of aromatic nitrogens is 1. The molecule has 1 amide bonds. The second-order valence-corrected chi connectivity index (χ2v) is 10.5. The fourth-order valence-electron chi connectivity index (χ4n) is 4.12. The number of benzene rings is 1. The maximum Gasteiger partial charge on any atom is 0.255 e. The predicted molar refractivity (Wildman–Crippen MR) is 119 cm³/mol. The molecule has 0 spiro atoms. The van der Waals surface area contributed by atoms with Gasteiger partial charge in [0.15, 0.2) is 16.6 Å². The molecule has 0 aliphatic carbocycles. The van der Waals surface area contributed by atoms with E-state index in [0.717, 1.165) is 6.07 Å². The number of likely N-dealkylation sites (tertiary alicyclic amines) is 1. The summed E-state index contributed by atoms with van der Waals surface area (Å²) in [7, 11) is -2.79. The minimum atomic E-state index is -4.05. The predicted octanol–water partition coefficient (Wildman–Crippen LogP) is 2.86. The van der Waals surface area contributed by atoms with Gasteiger partial charge < -0.3 is 10.1 Å². The standard InChI is InChI=1S/C22H28F2N4O4S/c1-22(2,3)28-10-8-14(15-5-6-17(23)19(24)20(15)32-4)16(12-28)21(29)27-13-7-9-26-18(11-13)33(25,30)31/h5-7,9,11,14,16H,8,10,12H2,1-4H3,(H2,25,30,31)(H,26,27,29). The van der Waals surface area contributed by atoms with Crippen molar-refractivity contribution in [2.75, 3.05) is 25.5 Å². The van der Waals surface area contributed by atoms with Crippen LogP contribution in [0.4, 0.5) is 14.5 Å². The maximum atomic E-state index is 14.4. The van der Waals surface area contributed by atoms with Gasteiger partial charge in [-0.15, -0.1) is 0 Å². The van der Waals surface area contributed by atoms with Crippen LogP contribution < -0.4 is 15.2 Å². The lowest BCUT2D eigenvalue weighted by Gasteiger charge is -2.44. The topological polar surface area (TPSA) is 115 Å². The first-order valence-corrected chi connectivity index (χ1v) is 11.9. The molecular formula is C22H28F2N4O4S. The number of primary sulfonamides is 1. The molecular weight excluding hydrogens is 454 g/mol. The third kappa shape index (κ3) is 5.48. The Hall–Kier alpha value is -2.63. The van der Waals surface area contributed by atoms with E-state index in [1.165, 1.54) is 31.5 Å². The van der Waals surface area contributed by atoms with Crippen LogP contribution in [-0.2, 0) is 14.8 Å². The Kier molecular flexibility index (Phi) is 7.06. The summed E-state index contributed by atoms with van der Waals surface area (Å²) in [4.78, 5) is 19.2. The summed E-state index contributed by atoms with van der Waals surface area (Å²) in [6.45, 7) is 7.09. The van der Waals surface area contributed by atoms with E-state index >= 15 is 0 Å². The van der Waals surface area contributed by atoms with Crippen LogP contribution in [0.1, 0.15) is 38.7 Å². The second-order valence-electron chi connectivity index (χ2n) is 9.02. The van der Waals surface area contributed by atoms with Crippen LogP contribution in [0.5, 0.6) is 5.75 Å². The van der Waals surface area contributed by atoms with E-state index in [9.17, 15) is 22.0 Å². The Morgan fingerprint density at radius 2 is 1.97 bits per heavy atom. The number of rotatable bonds is 5. The first-order valence-electron chi connectivity index (χ1n) is 10.4. The van der Waals surface area contributed by atoms with Gasteiger partial charge in [0.25, 0.3) is 10.0 Å². The van der Waals surface area contributed by atoms with Crippen molar-refractivity contribution < 1.29 is 26.7 Å². The van der Waals surface area contributed by atoms with Crippen molar-refractivity contribution in [1.29, 1.82) is 0 Å². The van der Waals surface area contributed by atoms with E-state index in [4.69, 9.17) is 9.88 Å². The highest BCUT2D eigenvalue weighted by Gasteiger charge is 2.40. The van der Waals surface area contributed by atoms with Gasteiger partial charge in [-0.25, -0.2) is 22.9 Å². The first-order chi connectivity index (χ1) is 15.3. The van der Waals surface area contributed by atoms with E-state index in [0.29, 0.717) is 25.1 Å². The quantitative estimate of drug-likeness (QED) is 0.677. The van der Waals surface area contributed by atoms with Gasteiger partial charge in [-0.2, -0.15) is 4.39 Å². The first kappa shape index (κ1) is 25.0. The van der Waals surface area contributed by atoms with Crippen molar-refractivity contribution in [2.24, 2.45) is 11.1 Å². The highest BCUT2D eigenvalue weighted by atomic mass is 32.2. The van der Waals surface area contributed by atoms with E-state index in [1.54, 1.807) is 0 Å². The molecule has 0 saturated carbocycles. The number of nitrogens with zero attached hydrogens (tertiary/aromatic N) is 2. The fraction of sp³-hybridized carbons (Fsp3) is 0.455. The van der Waals surface area contributed by atoms with Gasteiger partial charge in [-0.1, -0.05) is 6.07 Å². The van der Waals surface area contributed by atoms with Gasteiger partial charge in [-0.05, 0) is 45.9 Å². The fourth-order valence-corrected chi connectivity index (χ4v) is 4.62. The number of piperidine rings is 1. The van der Waals surface area contributed by atoms with Crippen molar-refractivity contribution in [3.05, 3.63) is 47.7 Å². The van der Waals surface area contributed by atoms with Gasteiger partial charge in [0.2, 0.25) is 11.7 Å². The SMILES string of the molecule is COc1c(C2CCN(C(C)(C)C)CC2C(=O)Nc2ccnc(S(N)(=O)=O)c2)ccc(F)c1F. The number of pyridine rings is 1. The van der Waals surface area contributed by atoms with E-state index < -0.39 is 39.4 Å². The molecule has 1 aromatic heterocycles. The summed E-state index contributed by atoms with van der Waals surface area (Å²) in [5.74, 6) is -3.85. The molecule has 3 N–H and O–H groups in total. The van der Waals surface area contributed by atoms with Gasteiger partial charge in [0, 0.05) is 41.5 Å².